The van der Waals surface area contributed by atoms with Crippen LogP contribution in [-0.2, 0) is 9.31 Å². The van der Waals surface area contributed by atoms with Crippen molar-refractivity contribution in [3.8, 4) is 0 Å². The van der Waals surface area contributed by atoms with Gasteiger partial charge in [-0.1, -0.05) is 54.6 Å². The molecule has 1 aliphatic heterocycles. The molecule has 0 N–H and O–H groups in total. The van der Waals surface area contributed by atoms with E-state index in [1.165, 1.54) is 6.07 Å². The van der Waals surface area contributed by atoms with Crippen molar-refractivity contribution in [2.24, 2.45) is 0 Å². The SMILES string of the molecule is CC1(C)OB(/C(=C/c2ccccc2F)c2ccccc2)OC1(C)C. The Hall–Kier alpha value is -1.91. The van der Waals surface area contributed by atoms with Crippen LogP contribution in [0.15, 0.2) is 54.6 Å². The van der Waals surface area contributed by atoms with E-state index in [1.54, 1.807) is 12.1 Å². The Kier molecular flexibility index (Phi) is 4.37. The van der Waals surface area contributed by atoms with Crippen LogP contribution in [0.25, 0.3) is 11.5 Å². The molecular weight excluding hydrogens is 302 g/mol. The highest BCUT2D eigenvalue weighted by atomic mass is 19.1. The number of rotatable bonds is 3. The Morgan fingerprint density at radius 1 is 0.875 bits per heavy atom. The normalized spacial score (nSPS) is 19.5. The Balaban J connectivity index is 2.07. The molecule has 0 spiro atoms. The monoisotopic (exact) mass is 324 g/mol. The maximum atomic E-state index is 14.1. The van der Waals surface area contributed by atoms with E-state index in [9.17, 15) is 4.39 Å². The van der Waals surface area contributed by atoms with Crippen molar-refractivity contribution in [3.63, 3.8) is 0 Å². The zero-order valence-electron chi connectivity index (χ0n) is 14.5. The molecule has 24 heavy (non-hydrogen) atoms. The Bertz CT molecular complexity index is 737. The minimum atomic E-state index is -0.544. The first kappa shape index (κ1) is 16.9. The molecule has 2 nitrogen and oxygen atoms in total. The molecule has 0 unspecified atom stereocenters. The molecule has 2 aromatic carbocycles. The molecule has 0 radical (unpaired) electrons. The highest BCUT2D eigenvalue weighted by Crippen LogP contribution is 2.41. The van der Waals surface area contributed by atoms with Gasteiger partial charge >= 0.3 is 7.12 Å². The van der Waals surface area contributed by atoms with Crippen LogP contribution in [0, 0.1) is 5.82 Å². The minimum absolute atomic E-state index is 0.262. The van der Waals surface area contributed by atoms with Crippen LogP contribution in [-0.4, -0.2) is 18.3 Å². The van der Waals surface area contributed by atoms with Gasteiger partial charge in [-0.2, -0.15) is 0 Å². The number of benzene rings is 2. The van der Waals surface area contributed by atoms with Crippen molar-refractivity contribution >= 4 is 18.7 Å². The van der Waals surface area contributed by atoms with Gasteiger partial charge in [0.1, 0.15) is 5.82 Å². The summed E-state index contributed by atoms with van der Waals surface area (Å²) in [6, 6.07) is 16.5. The van der Waals surface area contributed by atoms with Crippen molar-refractivity contribution in [3.05, 3.63) is 71.5 Å². The third kappa shape index (κ3) is 3.17. The van der Waals surface area contributed by atoms with Crippen LogP contribution in [0.3, 0.4) is 0 Å². The molecule has 1 saturated heterocycles. The third-order valence-corrected chi connectivity index (χ3v) is 4.83. The van der Waals surface area contributed by atoms with Crippen molar-refractivity contribution in [2.45, 2.75) is 38.9 Å². The standard InChI is InChI=1S/C20H22BFO2/c1-19(2)20(3,4)24-21(23-19)17(15-10-6-5-7-11-15)14-16-12-8-9-13-18(16)22/h5-14H,1-4H3/b17-14+. The zero-order valence-corrected chi connectivity index (χ0v) is 14.5. The molecular formula is C20H22BFO2. The third-order valence-electron chi connectivity index (χ3n) is 4.83. The van der Waals surface area contributed by atoms with E-state index in [0.29, 0.717) is 5.56 Å². The summed E-state index contributed by atoms with van der Waals surface area (Å²) in [7, 11) is -0.544. The fraction of sp³-hybridized carbons (Fsp3) is 0.300. The molecule has 124 valence electrons. The molecule has 2 aromatic rings. The van der Waals surface area contributed by atoms with Gasteiger partial charge in [-0.25, -0.2) is 4.39 Å². The van der Waals surface area contributed by atoms with Crippen molar-refractivity contribution in [1.29, 1.82) is 0 Å². The summed E-state index contributed by atoms with van der Waals surface area (Å²) in [5, 5.41) is 0. The summed E-state index contributed by atoms with van der Waals surface area (Å²) in [6.07, 6.45) is 1.81. The van der Waals surface area contributed by atoms with Gasteiger partial charge in [-0.05, 0) is 44.8 Å². The molecule has 1 heterocycles. The lowest BCUT2D eigenvalue weighted by Gasteiger charge is -2.32. The summed E-state index contributed by atoms with van der Waals surface area (Å²) in [5.41, 5.74) is 1.41. The zero-order chi connectivity index (χ0) is 17.4. The minimum Gasteiger partial charge on any atom is -0.399 e. The van der Waals surface area contributed by atoms with E-state index in [4.69, 9.17) is 9.31 Å². The molecule has 3 rings (SSSR count). The van der Waals surface area contributed by atoms with Gasteiger partial charge in [0.2, 0.25) is 0 Å². The van der Waals surface area contributed by atoms with Crippen LogP contribution in [0.5, 0.6) is 0 Å². The van der Waals surface area contributed by atoms with Crippen molar-refractivity contribution in [2.75, 3.05) is 0 Å². The molecule has 0 amide bonds. The highest BCUT2D eigenvalue weighted by Gasteiger charge is 2.52. The van der Waals surface area contributed by atoms with Crippen LogP contribution in [0.2, 0.25) is 0 Å². The van der Waals surface area contributed by atoms with E-state index >= 15 is 0 Å². The van der Waals surface area contributed by atoms with Gasteiger partial charge in [-0.3, -0.25) is 0 Å². The second-order valence-electron chi connectivity index (χ2n) is 7.08. The number of hydrogen-bond acceptors (Lipinski definition) is 2. The number of hydrogen-bond donors (Lipinski definition) is 0. The summed E-state index contributed by atoms with van der Waals surface area (Å²) >= 11 is 0. The second kappa shape index (κ2) is 6.19. The second-order valence-corrected chi connectivity index (χ2v) is 7.08. The summed E-state index contributed by atoms with van der Waals surface area (Å²) in [6.45, 7) is 8.05. The predicted molar refractivity (Wildman–Crippen MR) is 96.8 cm³/mol. The summed E-state index contributed by atoms with van der Waals surface area (Å²) in [4.78, 5) is 0. The molecule has 0 saturated carbocycles. The quantitative estimate of drug-likeness (QED) is 0.584. The van der Waals surface area contributed by atoms with E-state index in [1.807, 2.05) is 70.2 Å². The first-order chi connectivity index (χ1) is 11.3. The van der Waals surface area contributed by atoms with Gasteiger partial charge in [0.15, 0.2) is 0 Å². The van der Waals surface area contributed by atoms with Gasteiger partial charge in [0.05, 0.1) is 11.2 Å². The van der Waals surface area contributed by atoms with Crippen molar-refractivity contribution < 1.29 is 13.7 Å². The van der Waals surface area contributed by atoms with E-state index in [0.717, 1.165) is 11.0 Å². The Labute approximate surface area is 143 Å². The first-order valence-corrected chi connectivity index (χ1v) is 8.17. The average Bonchev–Trinajstić information content (AvgIpc) is 2.75. The highest BCUT2D eigenvalue weighted by molar-refractivity contribution is 6.70. The maximum absolute atomic E-state index is 14.1. The van der Waals surface area contributed by atoms with Gasteiger partial charge in [0, 0.05) is 5.56 Å². The lowest BCUT2D eigenvalue weighted by molar-refractivity contribution is 0.00578. The molecule has 1 fully saturated rings. The molecule has 0 aromatic heterocycles. The van der Waals surface area contributed by atoms with E-state index < -0.39 is 18.3 Å². The predicted octanol–water partition coefficient (Wildman–Crippen LogP) is 5.00. The fourth-order valence-electron chi connectivity index (χ4n) is 2.65. The van der Waals surface area contributed by atoms with Crippen LogP contribution in [0.1, 0.15) is 38.8 Å². The number of halogens is 1. The largest absolute Gasteiger partial charge is 0.495 e. The smallest absolute Gasteiger partial charge is 0.399 e. The Morgan fingerprint density at radius 2 is 1.42 bits per heavy atom. The van der Waals surface area contributed by atoms with E-state index in [-0.39, 0.29) is 5.82 Å². The Morgan fingerprint density at radius 3 is 2.00 bits per heavy atom. The van der Waals surface area contributed by atoms with Gasteiger partial charge in [-0.15, -0.1) is 0 Å². The molecule has 4 heteroatoms. The molecule has 1 aliphatic rings. The van der Waals surface area contributed by atoms with Gasteiger partial charge in [0.25, 0.3) is 0 Å². The van der Waals surface area contributed by atoms with Crippen LogP contribution in [0.4, 0.5) is 4.39 Å². The lowest BCUT2D eigenvalue weighted by atomic mass is 9.73. The average molecular weight is 324 g/mol. The molecule has 0 atom stereocenters. The molecule has 0 aliphatic carbocycles. The molecule has 0 bridgehead atoms. The first-order valence-electron chi connectivity index (χ1n) is 8.17. The van der Waals surface area contributed by atoms with Crippen LogP contribution >= 0.6 is 0 Å². The van der Waals surface area contributed by atoms with Crippen LogP contribution < -0.4 is 0 Å². The van der Waals surface area contributed by atoms with Crippen molar-refractivity contribution in [1.82, 2.24) is 0 Å². The summed E-state index contributed by atoms with van der Waals surface area (Å²) < 4.78 is 26.5. The summed E-state index contributed by atoms with van der Waals surface area (Å²) in [5.74, 6) is -0.262. The topological polar surface area (TPSA) is 18.5 Å². The maximum Gasteiger partial charge on any atom is 0.495 e. The fourth-order valence-corrected chi connectivity index (χ4v) is 2.65. The van der Waals surface area contributed by atoms with E-state index in [2.05, 4.69) is 0 Å². The van der Waals surface area contributed by atoms with Gasteiger partial charge < -0.3 is 9.31 Å². The lowest BCUT2D eigenvalue weighted by Crippen LogP contribution is -2.41.